The van der Waals surface area contributed by atoms with Gasteiger partial charge >= 0.3 is 0 Å². The first-order chi connectivity index (χ1) is 10.2. The summed E-state index contributed by atoms with van der Waals surface area (Å²) in [5.41, 5.74) is 3.03. The Labute approximate surface area is 127 Å². The minimum absolute atomic E-state index is 0.0646. The second-order valence-corrected chi connectivity index (χ2v) is 5.35. The van der Waals surface area contributed by atoms with E-state index in [0.717, 1.165) is 29.1 Å². The van der Waals surface area contributed by atoms with Crippen molar-refractivity contribution in [3.8, 4) is 6.07 Å². The molecule has 2 heterocycles. The molecule has 21 heavy (non-hydrogen) atoms. The molecule has 0 atom stereocenters. The summed E-state index contributed by atoms with van der Waals surface area (Å²) < 4.78 is 0. The predicted octanol–water partition coefficient (Wildman–Crippen LogP) is 2.03. The Morgan fingerprint density at radius 1 is 1.33 bits per heavy atom. The molecule has 0 spiro atoms. The fourth-order valence-electron chi connectivity index (χ4n) is 2.08. The van der Waals surface area contributed by atoms with E-state index in [4.69, 9.17) is 5.11 Å². The molecule has 0 unspecified atom stereocenters. The number of aliphatic hydroxyl groups is 1. The highest BCUT2D eigenvalue weighted by molar-refractivity contribution is 7.09. The van der Waals surface area contributed by atoms with Crippen LogP contribution in [0.3, 0.4) is 0 Å². The van der Waals surface area contributed by atoms with Gasteiger partial charge in [0.25, 0.3) is 0 Å². The summed E-state index contributed by atoms with van der Waals surface area (Å²) in [5.74, 6) is 0.493. The third kappa shape index (κ3) is 3.35. The zero-order valence-corrected chi connectivity index (χ0v) is 12.9. The Bertz CT molecular complexity index is 662. The summed E-state index contributed by atoms with van der Waals surface area (Å²) in [5, 5.41) is 32.5. The van der Waals surface area contributed by atoms with Crippen LogP contribution in [0.2, 0.25) is 0 Å². The summed E-state index contributed by atoms with van der Waals surface area (Å²) in [7, 11) is 0. The van der Waals surface area contributed by atoms with E-state index in [1.54, 1.807) is 0 Å². The van der Waals surface area contributed by atoms with Crippen molar-refractivity contribution in [2.24, 2.45) is 0 Å². The third-order valence-electron chi connectivity index (χ3n) is 3.13. The predicted molar refractivity (Wildman–Crippen MR) is 80.9 cm³/mol. The second kappa shape index (κ2) is 7.11. The number of rotatable bonds is 6. The molecule has 0 amide bonds. The van der Waals surface area contributed by atoms with Crippen molar-refractivity contribution in [3.05, 3.63) is 32.9 Å². The number of anilines is 1. The van der Waals surface area contributed by atoms with Crippen LogP contribution < -0.4 is 5.32 Å². The highest BCUT2D eigenvalue weighted by atomic mass is 32.1. The maximum atomic E-state index is 9.39. The molecule has 0 aliphatic rings. The number of nitriles is 1. The van der Waals surface area contributed by atoms with Crippen LogP contribution in [-0.4, -0.2) is 20.3 Å². The van der Waals surface area contributed by atoms with E-state index in [9.17, 15) is 5.26 Å². The SMILES string of the molecule is CCc1nnc(NCc2nc(CO)cs2)c(C#N)c1CC. The second-order valence-electron chi connectivity index (χ2n) is 4.41. The largest absolute Gasteiger partial charge is 0.390 e. The fraction of sp³-hybridized carbons (Fsp3) is 0.429. The summed E-state index contributed by atoms with van der Waals surface area (Å²) in [6, 6.07) is 2.22. The Hall–Kier alpha value is -2.04. The van der Waals surface area contributed by atoms with Crippen molar-refractivity contribution in [1.82, 2.24) is 15.2 Å². The summed E-state index contributed by atoms with van der Waals surface area (Å²) >= 11 is 1.46. The van der Waals surface area contributed by atoms with Crippen molar-refractivity contribution in [1.29, 1.82) is 5.26 Å². The molecule has 2 N–H and O–H groups in total. The molecule has 0 saturated heterocycles. The van der Waals surface area contributed by atoms with Crippen molar-refractivity contribution in [2.75, 3.05) is 5.32 Å². The fourth-order valence-corrected chi connectivity index (χ4v) is 2.80. The molecule has 2 aromatic rings. The lowest BCUT2D eigenvalue weighted by Crippen LogP contribution is -2.10. The van der Waals surface area contributed by atoms with Gasteiger partial charge in [0.1, 0.15) is 16.6 Å². The number of aromatic nitrogens is 3. The average molecular weight is 303 g/mol. The van der Waals surface area contributed by atoms with Gasteiger partial charge in [-0.15, -0.1) is 16.4 Å². The normalized spacial score (nSPS) is 10.4. The van der Waals surface area contributed by atoms with Crippen LogP contribution in [0.1, 0.15) is 41.4 Å². The minimum atomic E-state index is -0.0646. The van der Waals surface area contributed by atoms with Gasteiger partial charge in [0.2, 0.25) is 0 Å². The number of hydrogen-bond acceptors (Lipinski definition) is 7. The van der Waals surface area contributed by atoms with E-state index >= 15 is 0 Å². The first-order valence-corrected chi connectivity index (χ1v) is 7.67. The van der Waals surface area contributed by atoms with Crippen molar-refractivity contribution >= 4 is 17.2 Å². The molecule has 6 nitrogen and oxygen atoms in total. The van der Waals surface area contributed by atoms with Gasteiger partial charge in [-0.3, -0.25) is 0 Å². The zero-order chi connectivity index (χ0) is 15.2. The molecule has 0 saturated carbocycles. The summed E-state index contributed by atoms with van der Waals surface area (Å²) in [6.07, 6.45) is 1.51. The van der Waals surface area contributed by atoms with E-state index in [0.29, 0.717) is 23.6 Å². The minimum Gasteiger partial charge on any atom is -0.390 e. The molecule has 110 valence electrons. The molecule has 7 heteroatoms. The Kier molecular flexibility index (Phi) is 5.20. The molecular formula is C14H17N5OS. The molecule has 2 aromatic heterocycles. The van der Waals surface area contributed by atoms with Gasteiger partial charge in [0.15, 0.2) is 5.82 Å². The van der Waals surface area contributed by atoms with E-state index in [1.807, 2.05) is 19.2 Å². The lowest BCUT2D eigenvalue weighted by molar-refractivity contribution is 0.277. The van der Waals surface area contributed by atoms with E-state index in [2.05, 4.69) is 26.6 Å². The average Bonchev–Trinajstić information content (AvgIpc) is 2.99. The molecule has 2 rings (SSSR count). The Morgan fingerprint density at radius 2 is 2.14 bits per heavy atom. The van der Waals surface area contributed by atoms with Crippen LogP contribution >= 0.6 is 11.3 Å². The number of hydrogen-bond donors (Lipinski definition) is 2. The van der Waals surface area contributed by atoms with Crippen LogP contribution in [0.25, 0.3) is 0 Å². The maximum absolute atomic E-state index is 9.39. The summed E-state index contributed by atoms with van der Waals surface area (Å²) in [4.78, 5) is 4.25. The van der Waals surface area contributed by atoms with Gasteiger partial charge in [-0.2, -0.15) is 10.4 Å². The standard InChI is InChI=1S/C14H17N5OS/c1-3-10-11(5-15)14(19-18-12(10)4-2)16-6-13-17-9(7-20)8-21-13/h8,20H,3-4,6-7H2,1-2H3,(H,16,19). The van der Waals surface area contributed by atoms with Crippen molar-refractivity contribution in [3.63, 3.8) is 0 Å². The Balaban J connectivity index is 2.22. The number of thiazole rings is 1. The number of nitrogens with zero attached hydrogens (tertiary/aromatic N) is 4. The first kappa shape index (κ1) is 15.4. The quantitative estimate of drug-likeness (QED) is 0.848. The van der Waals surface area contributed by atoms with Gasteiger partial charge < -0.3 is 10.4 Å². The number of aliphatic hydroxyl groups excluding tert-OH is 1. The molecular weight excluding hydrogens is 286 g/mol. The van der Waals surface area contributed by atoms with Crippen LogP contribution in [-0.2, 0) is 26.0 Å². The number of nitrogens with one attached hydrogen (secondary N) is 1. The van der Waals surface area contributed by atoms with Gasteiger partial charge in [0, 0.05) is 5.38 Å². The third-order valence-corrected chi connectivity index (χ3v) is 4.02. The zero-order valence-electron chi connectivity index (χ0n) is 12.1. The van der Waals surface area contributed by atoms with Gasteiger partial charge in [-0.25, -0.2) is 4.98 Å². The highest BCUT2D eigenvalue weighted by Crippen LogP contribution is 2.21. The lowest BCUT2D eigenvalue weighted by Gasteiger charge is -2.11. The molecule has 0 radical (unpaired) electrons. The van der Waals surface area contributed by atoms with Crippen molar-refractivity contribution < 1.29 is 5.11 Å². The lowest BCUT2D eigenvalue weighted by atomic mass is 10.0. The maximum Gasteiger partial charge on any atom is 0.167 e. The first-order valence-electron chi connectivity index (χ1n) is 6.79. The molecule has 0 aliphatic carbocycles. The topological polar surface area (TPSA) is 94.7 Å². The smallest absolute Gasteiger partial charge is 0.167 e. The van der Waals surface area contributed by atoms with E-state index in [-0.39, 0.29) is 6.61 Å². The van der Waals surface area contributed by atoms with E-state index < -0.39 is 0 Å². The van der Waals surface area contributed by atoms with Gasteiger partial charge in [0.05, 0.1) is 24.5 Å². The summed E-state index contributed by atoms with van der Waals surface area (Å²) in [6.45, 7) is 4.41. The monoisotopic (exact) mass is 303 g/mol. The molecule has 0 aromatic carbocycles. The molecule has 0 aliphatic heterocycles. The van der Waals surface area contributed by atoms with Crippen LogP contribution in [0.15, 0.2) is 5.38 Å². The number of aryl methyl sites for hydroxylation is 1. The van der Waals surface area contributed by atoms with Gasteiger partial charge in [-0.1, -0.05) is 13.8 Å². The van der Waals surface area contributed by atoms with Crippen molar-refractivity contribution in [2.45, 2.75) is 39.8 Å². The highest BCUT2D eigenvalue weighted by Gasteiger charge is 2.14. The molecule has 0 bridgehead atoms. The van der Waals surface area contributed by atoms with Crippen LogP contribution in [0, 0.1) is 11.3 Å². The van der Waals surface area contributed by atoms with Crippen LogP contribution in [0.4, 0.5) is 5.82 Å². The Morgan fingerprint density at radius 3 is 2.71 bits per heavy atom. The van der Waals surface area contributed by atoms with Gasteiger partial charge in [-0.05, 0) is 18.4 Å². The van der Waals surface area contributed by atoms with Crippen LogP contribution in [0.5, 0.6) is 0 Å². The van der Waals surface area contributed by atoms with E-state index in [1.165, 1.54) is 11.3 Å². The molecule has 0 fully saturated rings.